The summed E-state index contributed by atoms with van der Waals surface area (Å²) < 4.78 is 1.90. The lowest BCUT2D eigenvalue weighted by molar-refractivity contribution is -0.118. The van der Waals surface area contributed by atoms with Crippen LogP contribution in [0.3, 0.4) is 0 Å². The van der Waals surface area contributed by atoms with Gasteiger partial charge in [-0.3, -0.25) is 14.3 Å². The van der Waals surface area contributed by atoms with E-state index < -0.39 is 0 Å². The second kappa shape index (κ2) is 11.9. The molecule has 5 rings (SSSR count). The van der Waals surface area contributed by atoms with Crippen molar-refractivity contribution in [1.82, 2.24) is 25.2 Å². The Morgan fingerprint density at radius 1 is 0.868 bits per heavy atom. The molecule has 0 saturated carbocycles. The molecule has 188 valence electrons. The van der Waals surface area contributed by atoms with Crippen molar-refractivity contribution >= 4 is 35.0 Å². The maximum Gasteiger partial charge on any atom is 0.250 e. The van der Waals surface area contributed by atoms with Gasteiger partial charge in [-0.1, -0.05) is 78.0 Å². The van der Waals surface area contributed by atoms with Crippen molar-refractivity contribution in [2.45, 2.75) is 12.1 Å². The average molecular weight is 539 g/mol. The summed E-state index contributed by atoms with van der Waals surface area (Å²) in [5.41, 5.74) is 8.26. The highest BCUT2D eigenvalue weighted by atomic mass is 35.5. The van der Waals surface area contributed by atoms with Gasteiger partial charge in [-0.05, 0) is 60.0 Å². The zero-order valence-electron chi connectivity index (χ0n) is 20.5. The highest BCUT2D eigenvalue weighted by Gasteiger charge is 2.17. The first-order chi connectivity index (χ1) is 18.6. The number of carbonyl (C=O) groups excluding carboxylic acids is 1. The molecule has 0 spiro atoms. The Balaban J connectivity index is 1.27. The van der Waals surface area contributed by atoms with Gasteiger partial charge in [0.25, 0.3) is 5.91 Å². The number of pyridine rings is 1. The van der Waals surface area contributed by atoms with Gasteiger partial charge >= 0.3 is 0 Å². The molecule has 7 nitrogen and oxygen atoms in total. The monoisotopic (exact) mass is 538 g/mol. The Kier molecular flexibility index (Phi) is 7.92. The fourth-order valence-electron chi connectivity index (χ4n) is 3.78. The van der Waals surface area contributed by atoms with Crippen LogP contribution in [-0.2, 0) is 4.79 Å². The lowest BCUT2D eigenvalue weighted by Crippen LogP contribution is -2.21. The molecular formula is C29H23ClN6OS. The van der Waals surface area contributed by atoms with E-state index in [1.807, 2.05) is 78.2 Å². The van der Waals surface area contributed by atoms with Gasteiger partial charge in [0.2, 0.25) is 0 Å². The Morgan fingerprint density at radius 3 is 2.26 bits per heavy atom. The van der Waals surface area contributed by atoms with Crippen LogP contribution >= 0.6 is 23.4 Å². The van der Waals surface area contributed by atoms with Crippen LogP contribution in [0.5, 0.6) is 0 Å². The average Bonchev–Trinajstić information content (AvgIpc) is 3.40. The van der Waals surface area contributed by atoms with Gasteiger partial charge in [0.15, 0.2) is 11.0 Å². The molecule has 0 bridgehead atoms. The molecule has 38 heavy (non-hydrogen) atoms. The van der Waals surface area contributed by atoms with Crippen molar-refractivity contribution in [2.75, 3.05) is 5.75 Å². The molecule has 9 heteroatoms. The molecule has 0 aliphatic heterocycles. The van der Waals surface area contributed by atoms with Gasteiger partial charge < -0.3 is 0 Å². The Morgan fingerprint density at radius 2 is 1.55 bits per heavy atom. The number of benzene rings is 3. The van der Waals surface area contributed by atoms with Crippen molar-refractivity contribution in [3.05, 3.63) is 114 Å². The van der Waals surface area contributed by atoms with E-state index >= 15 is 0 Å². The van der Waals surface area contributed by atoms with E-state index in [0.29, 0.717) is 21.7 Å². The second-order valence-electron chi connectivity index (χ2n) is 8.32. The molecule has 1 N–H and O–H groups in total. The quantitative estimate of drug-likeness (QED) is 0.143. The van der Waals surface area contributed by atoms with Crippen LogP contribution in [0.4, 0.5) is 0 Å². The molecule has 5 aromatic rings. The van der Waals surface area contributed by atoms with Crippen LogP contribution in [0.2, 0.25) is 5.02 Å². The molecule has 2 heterocycles. The van der Waals surface area contributed by atoms with Gasteiger partial charge in [-0.2, -0.15) is 5.10 Å². The van der Waals surface area contributed by atoms with Gasteiger partial charge in [0, 0.05) is 28.7 Å². The highest BCUT2D eigenvalue weighted by molar-refractivity contribution is 7.99. The third-order valence-corrected chi connectivity index (χ3v) is 6.93. The smallest absolute Gasteiger partial charge is 0.250 e. The van der Waals surface area contributed by atoms with E-state index in [9.17, 15) is 4.79 Å². The molecule has 3 aromatic carbocycles. The van der Waals surface area contributed by atoms with Crippen LogP contribution in [0.25, 0.3) is 28.2 Å². The van der Waals surface area contributed by atoms with Crippen molar-refractivity contribution in [2.24, 2.45) is 5.10 Å². The fourth-order valence-corrected chi connectivity index (χ4v) is 4.65. The number of hydrogen-bond donors (Lipinski definition) is 1. The molecule has 0 unspecified atom stereocenters. The number of carbonyl (C=O) groups is 1. The third-order valence-electron chi connectivity index (χ3n) is 5.75. The highest BCUT2D eigenvalue weighted by Crippen LogP contribution is 2.28. The van der Waals surface area contributed by atoms with E-state index in [0.717, 1.165) is 27.9 Å². The molecule has 0 aliphatic rings. The minimum Gasteiger partial charge on any atom is -0.272 e. The van der Waals surface area contributed by atoms with E-state index in [1.54, 1.807) is 24.5 Å². The van der Waals surface area contributed by atoms with Gasteiger partial charge in [-0.15, -0.1) is 10.2 Å². The summed E-state index contributed by atoms with van der Waals surface area (Å²) in [6.07, 6.45) is 3.40. The number of thioether (sulfide) groups is 1. The zero-order valence-corrected chi connectivity index (χ0v) is 22.0. The molecular weight excluding hydrogens is 516 g/mol. The summed E-state index contributed by atoms with van der Waals surface area (Å²) in [6, 6.07) is 29.4. The minimum absolute atomic E-state index is 0.117. The van der Waals surface area contributed by atoms with Crippen LogP contribution < -0.4 is 5.43 Å². The number of halogens is 1. The molecule has 1 amide bonds. The van der Waals surface area contributed by atoms with Crippen LogP contribution in [-0.4, -0.2) is 37.1 Å². The first-order valence-electron chi connectivity index (χ1n) is 11.8. The lowest BCUT2D eigenvalue weighted by Gasteiger charge is -2.10. The molecule has 0 aliphatic carbocycles. The summed E-state index contributed by atoms with van der Waals surface area (Å²) in [5.74, 6) is 0.517. The second-order valence-corrected chi connectivity index (χ2v) is 9.70. The Bertz CT molecular complexity index is 1550. The number of hydrogen-bond acceptors (Lipinski definition) is 6. The van der Waals surface area contributed by atoms with Crippen LogP contribution in [0, 0.1) is 0 Å². The van der Waals surface area contributed by atoms with Crippen molar-refractivity contribution in [1.29, 1.82) is 0 Å². The molecule has 0 atom stereocenters. The van der Waals surface area contributed by atoms with Crippen molar-refractivity contribution < 1.29 is 4.79 Å². The van der Waals surface area contributed by atoms with Gasteiger partial charge in [0.05, 0.1) is 11.5 Å². The van der Waals surface area contributed by atoms with Crippen LogP contribution in [0.1, 0.15) is 12.5 Å². The van der Waals surface area contributed by atoms with E-state index in [1.165, 1.54) is 11.8 Å². The molecule has 0 fully saturated rings. The first-order valence-corrected chi connectivity index (χ1v) is 13.2. The number of nitrogens with one attached hydrogen (secondary N) is 1. The topological polar surface area (TPSA) is 85.1 Å². The van der Waals surface area contributed by atoms with Gasteiger partial charge in [0.1, 0.15) is 0 Å². The SMILES string of the molecule is C/C(=N/NC(=O)CSc1nnc(-c2ccncc2)n1-c1ccc(Cl)cc1)c1ccc(-c2ccccc2)cc1. The minimum atomic E-state index is -0.244. The van der Waals surface area contributed by atoms with Gasteiger partial charge in [-0.25, -0.2) is 5.43 Å². The molecule has 0 saturated heterocycles. The normalized spacial score (nSPS) is 11.4. The maximum absolute atomic E-state index is 12.6. The van der Waals surface area contributed by atoms with E-state index in [2.05, 4.69) is 37.8 Å². The summed E-state index contributed by atoms with van der Waals surface area (Å²) in [5, 5.41) is 14.2. The van der Waals surface area contributed by atoms with Crippen molar-refractivity contribution in [3.63, 3.8) is 0 Å². The maximum atomic E-state index is 12.6. The third kappa shape index (κ3) is 5.99. The summed E-state index contributed by atoms with van der Waals surface area (Å²) in [4.78, 5) is 16.7. The number of hydrazone groups is 1. The Hall–Kier alpha value is -4.27. The predicted octanol–water partition coefficient (Wildman–Crippen LogP) is 6.28. The van der Waals surface area contributed by atoms with Crippen LogP contribution in [0.15, 0.2) is 114 Å². The Labute approximate surface area is 229 Å². The number of amides is 1. The van der Waals surface area contributed by atoms with Crippen molar-refractivity contribution in [3.8, 4) is 28.2 Å². The number of aromatic nitrogens is 4. The first kappa shape index (κ1) is 25.4. The fraction of sp³-hybridized carbons (Fsp3) is 0.0690. The predicted molar refractivity (Wildman–Crippen MR) is 153 cm³/mol. The zero-order chi connectivity index (χ0) is 26.3. The standard InChI is InChI=1S/C29H23ClN6OS/c1-20(21-7-9-23(10-8-21)22-5-3-2-4-6-22)32-33-27(37)19-38-29-35-34-28(24-15-17-31-18-16-24)36(29)26-13-11-25(30)12-14-26/h2-18H,19H2,1H3,(H,33,37)/b32-20-. The number of rotatable bonds is 8. The van der Waals surface area contributed by atoms with E-state index in [-0.39, 0.29) is 11.7 Å². The lowest BCUT2D eigenvalue weighted by atomic mass is 10.0. The molecule has 2 aromatic heterocycles. The largest absolute Gasteiger partial charge is 0.272 e. The number of nitrogens with zero attached hydrogens (tertiary/aromatic N) is 5. The summed E-state index contributed by atoms with van der Waals surface area (Å²) >= 11 is 7.37. The molecule has 0 radical (unpaired) electrons. The summed E-state index contributed by atoms with van der Waals surface area (Å²) in [7, 11) is 0. The van der Waals surface area contributed by atoms with E-state index in [4.69, 9.17) is 11.6 Å². The summed E-state index contributed by atoms with van der Waals surface area (Å²) in [6.45, 7) is 1.86.